The number of methoxy groups -OCH3 is 1. The number of ether oxygens (including phenoxy) is 1. The fourth-order valence-corrected chi connectivity index (χ4v) is 4.78. The predicted molar refractivity (Wildman–Crippen MR) is 125 cm³/mol. The average molecular weight is 422 g/mol. The summed E-state index contributed by atoms with van der Waals surface area (Å²) in [7, 11) is 3.80. The summed E-state index contributed by atoms with van der Waals surface area (Å²) < 4.78 is 5.68. The largest absolute Gasteiger partial charge is 0.496 e. The van der Waals surface area contributed by atoms with E-state index in [0.717, 1.165) is 53.8 Å². The van der Waals surface area contributed by atoms with Crippen molar-refractivity contribution < 1.29 is 9.53 Å². The third-order valence-corrected chi connectivity index (χ3v) is 6.62. The molecule has 1 fully saturated rings. The molecule has 5 nitrogen and oxygen atoms in total. The Balaban J connectivity index is 1.56. The van der Waals surface area contributed by atoms with E-state index in [2.05, 4.69) is 60.0 Å². The molecule has 1 saturated heterocycles. The van der Waals surface area contributed by atoms with Gasteiger partial charge in [0.2, 0.25) is 0 Å². The number of nitrogens with zero attached hydrogens (tertiary/aromatic N) is 3. The van der Waals surface area contributed by atoms with Crippen LogP contribution in [0.2, 0.25) is 0 Å². The lowest BCUT2D eigenvalue weighted by Crippen LogP contribution is -2.46. The van der Waals surface area contributed by atoms with Crippen LogP contribution in [0.3, 0.4) is 0 Å². The zero-order valence-corrected chi connectivity index (χ0v) is 18.8. The van der Waals surface area contributed by atoms with Gasteiger partial charge in [-0.25, -0.2) is 0 Å². The maximum Gasteiger partial charge on any atom is 0.286 e. The topological polar surface area (TPSA) is 45.1 Å². The molecule has 2 aromatic carbocycles. The number of aliphatic imine (C=N–C) groups is 1. The molecule has 2 aliphatic rings. The highest BCUT2D eigenvalue weighted by atomic mass is 32.2. The zero-order valence-electron chi connectivity index (χ0n) is 17.9. The first-order chi connectivity index (χ1) is 14.4. The van der Waals surface area contributed by atoms with E-state index in [-0.39, 0.29) is 5.91 Å². The molecular weight excluding hydrogens is 394 g/mol. The Hall–Kier alpha value is -2.57. The second-order valence-electron chi connectivity index (χ2n) is 7.88. The molecule has 0 spiro atoms. The van der Waals surface area contributed by atoms with Crippen LogP contribution in [0.15, 0.2) is 46.3 Å². The Morgan fingerprint density at radius 1 is 1.03 bits per heavy atom. The van der Waals surface area contributed by atoms with Gasteiger partial charge in [0.15, 0.2) is 5.17 Å². The Morgan fingerprint density at radius 2 is 1.77 bits per heavy atom. The number of amides is 1. The molecule has 0 unspecified atom stereocenters. The summed E-state index contributed by atoms with van der Waals surface area (Å²) in [6, 6.07) is 12.5. The normalized spacial score (nSPS) is 18.8. The number of likely N-dealkylation sites (N-methyl/N-ethyl adjacent to an activating group) is 1. The van der Waals surface area contributed by atoms with Crippen molar-refractivity contribution in [1.82, 2.24) is 9.80 Å². The van der Waals surface area contributed by atoms with E-state index in [4.69, 9.17) is 4.74 Å². The van der Waals surface area contributed by atoms with Crippen molar-refractivity contribution in [3.8, 4) is 16.9 Å². The van der Waals surface area contributed by atoms with E-state index in [0.29, 0.717) is 4.91 Å². The molecule has 0 radical (unpaired) electrons. The van der Waals surface area contributed by atoms with E-state index in [1.807, 2.05) is 18.2 Å². The van der Waals surface area contributed by atoms with Crippen molar-refractivity contribution >= 4 is 28.9 Å². The van der Waals surface area contributed by atoms with Crippen molar-refractivity contribution in [2.45, 2.75) is 13.8 Å². The summed E-state index contributed by atoms with van der Waals surface area (Å²) in [6.45, 7) is 8.00. The van der Waals surface area contributed by atoms with Crippen molar-refractivity contribution in [3.05, 3.63) is 58.0 Å². The zero-order chi connectivity index (χ0) is 21.3. The minimum atomic E-state index is -0.161. The van der Waals surface area contributed by atoms with Gasteiger partial charge in [0.05, 0.1) is 12.0 Å². The molecule has 6 heteroatoms. The van der Waals surface area contributed by atoms with Gasteiger partial charge in [0, 0.05) is 31.7 Å². The summed E-state index contributed by atoms with van der Waals surface area (Å²) in [5, 5.41) is 0.818. The minimum Gasteiger partial charge on any atom is -0.496 e. The second-order valence-corrected chi connectivity index (χ2v) is 8.89. The number of hydrogen-bond donors (Lipinski definition) is 0. The van der Waals surface area contributed by atoms with Gasteiger partial charge in [0.25, 0.3) is 5.91 Å². The molecule has 0 N–H and O–H groups in total. The number of piperazine rings is 1. The molecule has 1 amide bonds. The van der Waals surface area contributed by atoms with Gasteiger partial charge in [-0.15, -0.1) is 0 Å². The van der Waals surface area contributed by atoms with Crippen LogP contribution in [-0.4, -0.2) is 61.2 Å². The van der Waals surface area contributed by atoms with Crippen LogP contribution >= 0.6 is 11.8 Å². The number of rotatable bonds is 3. The molecule has 0 saturated carbocycles. The first kappa shape index (κ1) is 20.7. The maximum absolute atomic E-state index is 12.5. The molecule has 2 aliphatic heterocycles. The van der Waals surface area contributed by atoms with Crippen molar-refractivity contribution in [3.63, 3.8) is 0 Å². The lowest BCUT2D eigenvalue weighted by molar-refractivity contribution is -0.113. The molecule has 30 heavy (non-hydrogen) atoms. The Morgan fingerprint density at radius 3 is 2.47 bits per heavy atom. The van der Waals surface area contributed by atoms with Gasteiger partial charge in [0.1, 0.15) is 5.75 Å². The van der Waals surface area contributed by atoms with E-state index in [1.54, 1.807) is 7.11 Å². The standard InChI is InChI=1S/C24H27N3O2S/c1-16-5-7-19(17(2)13-16)20-8-6-18(14-21(20)29-4)15-22-23(28)25-24(30-22)27-11-9-26(3)10-12-27/h5-8,13-15H,9-12H2,1-4H3/b22-15+. The monoisotopic (exact) mass is 421 g/mol. The fraction of sp³-hybridized carbons (Fsp3) is 0.333. The third kappa shape index (κ3) is 4.30. The summed E-state index contributed by atoms with van der Waals surface area (Å²) in [5.74, 6) is 0.637. The van der Waals surface area contributed by atoms with Crippen LogP contribution in [0, 0.1) is 13.8 Å². The quantitative estimate of drug-likeness (QED) is 0.695. The third-order valence-electron chi connectivity index (χ3n) is 5.58. The Kier molecular flexibility index (Phi) is 5.97. The maximum atomic E-state index is 12.5. The van der Waals surface area contributed by atoms with Crippen LogP contribution in [0.4, 0.5) is 0 Å². The molecule has 2 heterocycles. The molecule has 0 atom stereocenters. The van der Waals surface area contributed by atoms with E-state index < -0.39 is 0 Å². The van der Waals surface area contributed by atoms with Gasteiger partial charge in [-0.2, -0.15) is 4.99 Å². The number of carbonyl (C=O) groups excluding carboxylic acids is 1. The SMILES string of the molecule is COc1cc(/C=C2/SC(N3CCN(C)CC3)=NC2=O)ccc1-c1ccc(C)cc1C. The number of thioether (sulfide) groups is 1. The second kappa shape index (κ2) is 8.66. The highest BCUT2D eigenvalue weighted by molar-refractivity contribution is 8.18. The van der Waals surface area contributed by atoms with Gasteiger partial charge in [-0.3, -0.25) is 4.79 Å². The van der Waals surface area contributed by atoms with Crippen LogP contribution < -0.4 is 4.74 Å². The number of amidine groups is 1. The fourth-order valence-electron chi connectivity index (χ4n) is 3.82. The molecule has 0 bridgehead atoms. The molecular formula is C24H27N3O2S. The van der Waals surface area contributed by atoms with E-state index in [9.17, 15) is 4.79 Å². The van der Waals surface area contributed by atoms with Gasteiger partial charge < -0.3 is 14.5 Å². The molecule has 156 valence electrons. The highest BCUT2D eigenvalue weighted by Crippen LogP contribution is 2.36. The van der Waals surface area contributed by atoms with Crippen molar-refractivity contribution in [2.75, 3.05) is 40.3 Å². The van der Waals surface area contributed by atoms with Gasteiger partial charge in [-0.05, 0) is 61.5 Å². The number of aryl methyl sites for hydroxylation is 2. The average Bonchev–Trinajstić information content (AvgIpc) is 3.09. The molecule has 2 aromatic rings. The van der Waals surface area contributed by atoms with Crippen LogP contribution in [-0.2, 0) is 4.79 Å². The molecule has 4 rings (SSSR count). The summed E-state index contributed by atoms with van der Waals surface area (Å²) in [5.41, 5.74) is 5.60. The van der Waals surface area contributed by atoms with Crippen LogP contribution in [0.25, 0.3) is 17.2 Å². The summed E-state index contributed by atoms with van der Waals surface area (Å²) >= 11 is 1.47. The van der Waals surface area contributed by atoms with Crippen LogP contribution in [0.1, 0.15) is 16.7 Å². The summed E-state index contributed by atoms with van der Waals surface area (Å²) in [4.78, 5) is 21.9. The lowest BCUT2D eigenvalue weighted by Gasteiger charge is -2.32. The van der Waals surface area contributed by atoms with Crippen molar-refractivity contribution in [2.24, 2.45) is 4.99 Å². The molecule has 0 aromatic heterocycles. The highest BCUT2D eigenvalue weighted by Gasteiger charge is 2.27. The number of hydrogen-bond acceptors (Lipinski definition) is 5. The smallest absolute Gasteiger partial charge is 0.286 e. The predicted octanol–water partition coefficient (Wildman–Crippen LogP) is 4.20. The van der Waals surface area contributed by atoms with Gasteiger partial charge >= 0.3 is 0 Å². The first-order valence-corrected chi connectivity index (χ1v) is 11.0. The van der Waals surface area contributed by atoms with Crippen molar-refractivity contribution in [1.29, 1.82) is 0 Å². The number of carbonyl (C=O) groups is 1. The van der Waals surface area contributed by atoms with Crippen LogP contribution in [0.5, 0.6) is 5.75 Å². The van der Waals surface area contributed by atoms with E-state index >= 15 is 0 Å². The Labute approximate surface area is 182 Å². The summed E-state index contributed by atoms with van der Waals surface area (Å²) in [6.07, 6.45) is 1.91. The Bertz CT molecular complexity index is 1040. The van der Waals surface area contributed by atoms with Gasteiger partial charge in [-0.1, -0.05) is 35.9 Å². The van der Waals surface area contributed by atoms with E-state index in [1.165, 1.54) is 22.9 Å². The lowest BCUT2D eigenvalue weighted by atomic mass is 9.97. The number of benzene rings is 2. The first-order valence-electron chi connectivity index (χ1n) is 10.2. The molecule has 0 aliphatic carbocycles. The minimum absolute atomic E-state index is 0.161.